The van der Waals surface area contributed by atoms with Crippen LogP contribution in [0.25, 0.3) is 0 Å². The third-order valence-electron chi connectivity index (χ3n) is 3.52. The molecule has 0 bridgehead atoms. The van der Waals surface area contributed by atoms with Crippen LogP contribution in [0, 0.1) is 0 Å². The molecule has 3 atom stereocenters. The number of benzene rings is 1. The van der Waals surface area contributed by atoms with E-state index >= 15 is 0 Å². The monoisotopic (exact) mass is 283 g/mol. The highest BCUT2D eigenvalue weighted by molar-refractivity contribution is 7.84. The number of nitrogens with two attached hydrogens (primary N) is 1. The molecule has 1 aromatic rings. The molecule has 1 aliphatic rings. The van der Waals surface area contributed by atoms with E-state index in [0.717, 1.165) is 23.3 Å². The Labute approximate surface area is 116 Å². The van der Waals surface area contributed by atoms with Gasteiger partial charge in [-0.25, -0.2) is 0 Å². The summed E-state index contributed by atoms with van der Waals surface area (Å²) >= 11 is 0. The van der Waals surface area contributed by atoms with Gasteiger partial charge in [0.05, 0.1) is 24.2 Å². The molecule has 0 saturated carbocycles. The summed E-state index contributed by atoms with van der Waals surface area (Å²) in [7, 11) is 0.686. The first-order valence-corrected chi connectivity index (χ1v) is 7.88. The Morgan fingerprint density at radius 3 is 2.89 bits per heavy atom. The van der Waals surface area contributed by atoms with Crippen molar-refractivity contribution in [2.45, 2.75) is 37.0 Å². The van der Waals surface area contributed by atoms with Gasteiger partial charge in [0, 0.05) is 29.5 Å². The average molecular weight is 283 g/mol. The summed E-state index contributed by atoms with van der Waals surface area (Å²) in [5.41, 5.74) is 7.64. The van der Waals surface area contributed by atoms with Crippen molar-refractivity contribution < 1.29 is 13.7 Å². The van der Waals surface area contributed by atoms with Crippen molar-refractivity contribution in [3.05, 3.63) is 29.3 Å². The molecule has 2 rings (SSSR count). The van der Waals surface area contributed by atoms with Crippen molar-refractivity contribution in [1.82, 2.24) is 0 Å². The Bertz CT molecular complexity index is 464. The minimum atomic E-state index is -0.944. The quantitative estimate of drug-likeness (QED) is 0.891. The van der Waals surface area contributed by atoms with Crippen molar-refractivity contribution in [3.63, 3.8) is 0 Å². The molecule has 0 spiro atoms. The van der Waals surface area contributed by atoms with Crippen molar-refractivity contribution in [2.75, 3.05) is 13.7 Å². The van der Waals surface area contributed by atoms with E-state index in [1.165, 1.54) is 0 Å². The van der Waals surface area contributed by atoms with Crippen LogP contribution in [0.4, 0.5) is 0 Å². The highest BCUT2D eigenvalue weighted by Crippen LogP contribution is 2.26. The summed E-state index contributed by atoms with van der Waals surface area (Å²) < 4.78 is 23.2. The molecule has 1 saturated heterocycles. The van der Waals surface area contributed by atoms with Gasteiger partial charge in [-0.15, -0.1) is 0 Å². The van der Waals surface area contributed by atoms with E-state index in [-0.39, 0.29) is 11.4 Å². The molecule has 3 unspecified atom stereocenters. The fraction of sp³-hybridized carbons (Fsp3) is 0.571. The number of hydrogen-bond acceptors (Lipinski definition) is 4. The fourth-order valence-corrected chi connectivity index (χ4v) is 4.00. The second-order valence-electron chi connectivity index (χ2n) is 4.78. The van der Waals surface area contributed by atoms with Crippen LogP contribution in [-0.2, 0) is 27.8 Å². The minimum absolute atomic E-state index is 0.0736. The van der Waals surface area contributed by atoms with Crippen LogP contribution in [0.15, 0.2) is 18.2 Å². The summed E-state index contributed by atoms with van der Waals surface area (Å²) in [6.45, 7) is 3.17. The second kappa shape index (κ2) is 6.50. The molecular formula is C14H21NO3S. The van der Waals surface area contributed by atoms with Crippen LogP contribution in [-0.4, -0.2) is 29.3 Å². The highest BCUT2D eigenvalue weighted by Gasteiger charge is 2.29. The molecule has 4 nitrogen and oxygen atoms in total. The lowest BCUT2D eigenvalue weighted by molar-refractivity contribution is 0.127. The fourth-order valence-electron chi connectivity index (χ4n) is 2.39. The van der Waals surface area contributed by atoms with Gasteiger partial charge in [-0.2, -0.15) is 0 Å². The maximum Gasteiger partial charge on any atom is 0.123 e. The number of hydrogen-bond donors (Lipinski definition) is 1. The van der Waals surface area contributed by atoms with Gasteiger partial charge < -0.3 is 15.2 Å². The molecule has 1 fully saturated rings. The molecule has 0 aromatic heterocycles. The third-order valence-corrected chi connectivity index (χ3v) is 5.41. The van der Waals surface area contributed by atoms with Gasteiger partial charge in [0.25, 0.3) is 0 Å². The molecule has 5 heteroatoms. The third kappa shape index (κ3) is 3.35. The minimum Gasteiger partial charge on any atom is -0.496 e. The van der Waals surface area contributed by atoms with Crippen LogP contribution in [0.3, 0.4) is 0 Å². The molecule has 2 N–H and O–H groups in total. The van der Waals surface area contributed by atoms with Gasteiger partial charge in [0.15, 0.2) is 0 Å². The van der Waals surface area contributed by atoms with E-state index in [2.05, 4.69) is 0 Å². The maximum absolute atomic E-state index is 12.4. The van der Waals surface area contributed by atoms with Crippen molar-refractivity contribution in [3.8, 4) is 5.75 Å². The molecule has 0 amide bonds. The Morgan fingerprint density at radius 1 is 1.53 bits per heavy atom. The first-order valence-electron chi connectivity index (χ1n) is 6.50. The summed E-state index contributed by atoms with van der Waals surface area (Å²) in [6.07, 6.45) is 0.941. The topological polar surface area (TPSA) is 61.5 Å². The molecule has 0 radical (unpaired) electrons. The molecule has 1 aromatic carbocycles. The van der Waals surface area contributed by atoms with Gasteiger partial charge in [0.2, 0.25) is 0 Å². The smallest absolute Gasteiger partial charge is 0.123 e. The average Bonchev–Trinajstić information content (AvgIpc) is 2.85. The molecule has 106 valence electrons. The zero-order valence-corrected chi connectivity index (χ0v) is 12.2. The second-order valence-corrected chi connectivity index (χ2v) is 6.43. The lowest BCUT2D eigenvalue weighted by Gasteiger charge is -2.15. The Hall–Kier alpha value is -0.910. The van der Waals surface area contributed by atoms with Gasteiger partial charge >= 0.3 is 0 Å². The van der Waals surface area contributed by atoms with Crippen molar-refractivity contribution >= 4 is 10.8 Å². The van der Waals surface area contributed by atoms with Gasteiger partial charge in [-0.05, 0) is 31.0 Å². The van der Waals surface area contributed by atoms with Crippen LogP contribution in [0.1, 0.15) is 24.5 Å². The van der Waals surface area contributed by atoms with E-state index in [9.17, 15) is 4.21 Å². The van der Waals surface area contributed by atoms with Gasteiger partial charge in [-0.1, -0.05) is 6.07 Å². The zero-order chi connectivity index (χ0) is 13.8. The van der Waals surface area contributed by atoms with E-state index in [1.807, 2.05) is 25.1 Å². The van der Waals surface area contributed by atoms with E-state index in [0.29, 0.717) is 18.9 Å². The van der Waals surface area contributed by atoms with E-state index < -0.39 is 10.8 Å². The summed E-state index contributed by atoms with van der Waals surface area (Å²) in [4.78, 5) is 0. The summed E-state index contributed by atoms with van der Waals surface area (Å²) in [5, 5.41) is 0.117. The molecule has 1 aliphatic heterocycles. The number of methoxy groups -OCH3 is 1. The lowest BCUT2D eigenvalue weighted by Crippen LogP contribution is -2.24. The number of rotatable bonds is 5. The SMILES string of the molecule is COc1ccc(CN)cc1CS(=O)C1CCOC1C. The van der Waals surface area contributed by atoms with Crippen molar-refractivity contribution in [1.29, 1.82) is 0 Å². The Balaban J connectivity index is 2.15. The van der Waals surface area contributed by atoms with Crippen LogP contribution in [0.2, 0.25) is 0 Å². The molecule has 19 heavy (non-hydrogen) atoms. The summed E-state index contributed by atoms with van der Waals surface area (Å²) in [6, 6.07) is 5.81. The standard InChI is InChI=1S/C14H21NO3S/c1-10-14(5-6-18-10)19(16)9-12-7-11(8-15)3-4-13(12)17-2/h3-4,7,10,14H,5-6,8-9,15H2,1-2H3. The number of ether oxygens (including phenoxy) is 2. The van der Waals surface area contributed by atoms with E-state index in [4.69, 9.17) is 15.2 Å². The maximum atomic E-state index is 12.4. The van der Waals surface area contributed by atoms with E-state index in [1.54, 1.807) is 7.11 Å². The first-order chi connectivity index (χ1) is 9.15. The zero-order valence-electron chi connectivity index (χ0n) is 11.4. The largest absolute Gasteiger partial charge is 0.496 e. The predicted octanol–water partition coefficient (Wildman–Crippen LogP) is 1.58. The van der Waals surface area contributed by atoms with Crippen molar-refractivity contribution in [2.24, 2.45) is 5.73 Å². The Morgan fingerprint density at radius 2 is 2.32 bits per heavy atom. The van der Waals surface area contributed by atoms with Crippen LogP contribution < -0.4 is 10.5 Å². The normalized spacial score (nSPS) is 24.4. The molecule has 0 aliphatic carbocycles. The Kier molecular flexibility index (Phi) is 4.96. The molecular weight excluding hydrogens is 262 g/mol. The van der Waals surface area contributed by atoms with Crippen LogP contribution in [0.5, 0.6) is 5.75 Å². The lowest BCUT2D eigenvalue weighted by atomic mass is 10.1. The predicted molar refractivity (Wildman–Crippen MR) is 76.6 cm³/mol. The summed E-state index contributed by atoms with van der Waals surface area (Å²) in [5.74, 6) is 1.27. The van der Waals surface area contributed by atoms with Crippen LogP contribution >= 0.6 is 0 Å². The van der Waals surface area contributed by atoms with Gasteiger partial charge in [0.1, 0.15) is 5.75 Å². The van der Waals surface area contributed by atoms with Gasteiger partial charge in [-0.3, -0.25) is 4.21 Å². The highest BCUT2D eigenvalue weighted by atomic mass is 32.2. The molecule has 1 heterocycles. The first kappa shape index (κ1) is 14.5.